The third-order valence-corrected chi connectivity index (χ3v) is 3.06. The van der Waals surface area contributed by atoms with Crippen LogP contribution in [0, 0.1) is 5.92 Å². The predicted molar refractivity (Wildman–Crippen MR) is 83.6 cm³/mol. The van der Waals surface area contributed by atoms with E-state index in [1.807, 2.05) is 12.1 Å². The Morgan fingerprint density at radius 1 is 1.24 bits per heavy atom. The van der Waals surface area contributed by atoms with Gasteiger partial charge >= 0.3 is 6.08 Å². The molecule has 2 aromatic rings. The lowest BCUT2D eigenvalue weighted by atomic mass is 10.1. The van der Waals surface area contributed by atoms with Crippen LogP contribution in [0.1, 0.15) is 38.4 Å². The summed E-state index contributed by atoms with van der Waals surface area (Å²) < 4.78 is 10.9. The number of ether oxygens (including phenoxy) is 1. The van der Waals surface area contributed by atoms with Crippen molar-refractivity contribution in [2.24, 2.45) is 5.92 Å². The second-order valence-electron chi connectivity index (χ2n) is 5.63. The summed E-state index contributed by atoms with van der Waals surface area (Å²) in [6.45, 7) is 8.17. The van der Waals surface area contributed by atoms with Crippen LogP contribution in [0.2, 0.25) is 0 Å². The van der Waals surface area contributed by atoms with Gasteiger partial charge in [0.25, 0.3) is 0 Å². The minimum absolute atomic E-state index is 0.291. The molecule has 114 valence electrons. The fraction of sp³-hybridized carbons (Fsp3) is 0.471. The molecular weight excluding hydrogens is 264 g/mol. The summed E-state index contributed by atoms with van der Waals surface area (Å²) in [7, 11) is 0. The van der Waals surface area contributed by atoms with Gasteiger partial charge in [0, 0.05) is 6.54 Å². The molecule has 0 unspecified atom stereocenters. The lowest BCUT2D eigenvalue weighted by Gasteiger charge is -2.04. The van der Waals surface area contributed by atoms with Gasteiger partial charge in [0.15, 0.2) is 0 Å². The molecule has 1 aromatic heterocycles. The molecule has 1 heterocycles. The Morgan fingerprint density at radius 2 is 2.00 bits per heavy atom. The number of aryl methyl sites for hydroxylation is 1. The molecule has 0 atom stereocenters. The number of oxazole rings is 1. The van der Waals surface area contributed by atoms with Gasteiger partial charge in [-0.25, -0.2) is 0 Å². The van der Waals surface area contributed by atoms with Crippen LogP contribution in [0.5, 0.6) is 11.8 Å². The first-order chi connectivity index (χ1) is 10.2. The average molecular weight is 288 g/mol. The van der Waals surface area contributed by atoms with Crippen molar-refractivity contribution in [2.45, 2.75) is 40.2 Å². The molecule has 1 N–H and O–H groups in total. The molecule has 0 radical (unpaired) electrons. The van der Waals surface area contributed by atoms with Crippen molar-refractivity contribution in [2.75, 3.05) is 6.54 Å². The number of hydrogen-bond acceptors (Lipinski definition) is 4. The van der Waals surface area contributed by atoms with Crippen LogP contribution < -0.4 is 10.1 Å². The molecule has 4 nitrogen and oxygen atoms in total. The molecule has 0 spiro atoms. The molecule has 2 rings (SSSR count). The minimum Gasteiger partial charge on any atom is -0.417 e. The highest BCUT2D eigenvalue weighted by atomic mass is 16.6. The van der Waals surface area contributed by atoms with Crippen molar-refractivity contribution >= 4 is 0 Å². The van der Waals surface area contributed by atoms with Crippen molar-refractivity contribution in [1.29, 1.82) is 0 Å². The molecule has 0 fully saturated rings. The smallest absolute Gasteiger partial charge is 0.399 e. The number of rotatable bonds is 8. The van der Waals surface area contributed by atoms with Crippen LogP contribution in [-0.2, 0) is 13.0 Å². The molecule has 0 aliphatic carbocycles. The summed E-state index contributed by atoms with van der Waals surface area (Å²) in [5.74, 6) is 1.37. The Bertz CT molecular complexity index is 532. The minimum atomic E-state index is 0.291. The van der Waals surface area contributed by atoms with Crippen molar-refractivity contribution in [1.82, 2.24) is 10.3 Å². The Balaban J connectivity index is 1.86. The number of nitrogens with one attached hydrogen (secondary N) is 1. The van der Waals surface area contributed by atoms with E-state index in [2.05, 4.69) is 43.2 Å². The van der Waals surface area contributed by atoms with Gasteiger partial charge < -0.3 is 14.5 Å². The third-order valence-electron chi connectivity index (χ3n) is 3.06. The van der Waals surface area contributed by atoms with Crippen molar-refractivity contribution in [3.05, 3.63) is 41.8 Å². The maximum absolute atomic E-state index is 5.61. The van der Waals surface area contributed by atoms with E-state index in [1.54, 1.807) is 6.26 Å². The van der Waals surface area contributed by atoms with Crippen LogP contribution in [0.15, 0.2) is 34.9 Å². The van der Waals surface area contributed by atoms with Crippen LogP contribution in [0.3, 0.4) is 0 Å². The molecule has 0 saturated carbocycles. The lowest BCUT2D eigenvalue weighted by Crippen LogP contribution is -2.19. The Kier molecular flexibility index (Phi) is 5.81. The molecule has 0 amide bonds. The molecule has 1 aromatic carbocycles. The first kappa shape index (κ1) is 15.6. The van der Waals surface area contributed by atoms with Crippen molar-refractivity contribution in [3.63, 3.8) is 0 Å². The second kappa shape index (κ2) is 7.84. The summed E-state index contributed by atoms with van der Waals surface area (Å²) in [6.07, 6.45) is 4.16. The van der Waals surface area contributed by atoms with E-state index in [4.69, 9.17) is 9.15 Å². The normalized spacial score (nSPS) is 11.0. The van der Waals surface area contributed by atoms with Crippen LogP contribution in [0.4, 0.5) is 0 Å². The quantitative estimate of drug-likeness (QED) is 0.792. The van der Waals surface area contributed by atoms with E-state index < -0.39 is 0 Å². The van der Waals surface area contributed by atoms with Gasteiger partial charge in [0.1, 0.15) is 12.0 Å². The van der Waals surface area contributed by atoms with Crippen LogP contribution in [0.25, 0.3) is 0 Å². The van der Waals surface area contributed by atoms with E-state index in [0.29, 0.717) is 18.5 Å². The average Bonchev–Trinajstić information content (AvgIpc) is 2.88. The fourth-order valence-corrected chi connectivity index (χ4v) is 2.02. The summed E-state index contributed by atoms with van der Waals surface area (Å²) in [5, 5.41) is 3.32. The van der Waals surface area contributed by atoms with Gasteiger partial charge in [0.2, 0.25) is 0 Å². The first-order valence-corrected chi connectivity index (χ1v) is 7.59. The SMILES string of the molecule is CCCc1ccc(Oc2nc(CNCC(C)C)co2)cc1. The lowest BCUT2D eigenvalue weighted by molar-refractivity contribution is 0.330. The van der Waals surface area contributed by atoms with Crippen molar-refractivity contribution in [3.8, 4) is 11.8 Å². The molecule has 0 saturated heterocycles. The number of hydrogen-bond donors (Lipinski definition) is 1. The predicted octanol–water partition coefficient (Wildman–Crippen LogP) is 4.17. The Morgan fingerprint density at radius 3 is 2.67 bits per heavy atom. The highest BCUT2D eigenvalue weighted by Gasteiger charge is 2.06. The molecule has 0 bridgehead atoms. The molecular formula is C17H24N2O2. The largest absolute Gasteiger partial charge is 0.417 e. The van der Waals surface area contributed by atoms with Gasteiger partial charge in [-0.15, -0.1) is 0 Å². The molecule has 0 aliphatic rings. The zero-order valence-electron chi connectivity index (χ0n) is 13.1. The molecule has 4 heteroatoms. The summed E-state index contributed by atoms with van der Waals surface area (Å²) in [4.78, 5) is 4.31. The maximum atomic E-state index is 5.61. The van der Waals surface area contributed by atoms with Gasteiger partial charge in [-0.1, -0.05) is 39.3 Å². The van der Waals surface area contributed by atoms with E-state index in [9.17, 15) is 0 Å². The summed E-state index contributed by atoms with van der Waals surface area (Å²) in [5.41, 5.74) is 2.17. The van der Waals surface area contributed by atoms with Crippen LogP contribution in [-0.4, -0.2) is 11.5 Å². The van der Waals surface area contributed by atoms with Gasteiger partial charge in [-0.3, -0.25) is 0 Å². The summed E-state index contributed by atoms with van der Waals surface area (Å²) in [6, 6.07) is 8.05. The zero-order valence-corrected chi connectivity index (χ0v) is 13.1. The Hall–Kier alpha value is -1.81. The van der Waals surface area contributed by atoms with Gasteiger partial charge in [0.05, 0.1) is 5.69 Å². The monoisotopic (exact) mass is 288 g/mol. The Labute approximate surface area is 126 Å². The van der Waals surface area contributed by atoms with E-state index >= 15 is 0 Å². The number of benzene rings is 1. The third kappa shape index (κ3) is 5.23. The number of nitrogens with zero attached hydrogens (tertiary/aromatic N) is 1. The van der Waals surface area contributed by atoms with E-state index in [0.717, 1.165) is 30.8 Å². The van der Waals surface area contributed by atoms with Crippen LogP contribution >= 0.6 is 0 Å². The fourth-order valence-electron chi connectivity index (χ4n) is 2.02. The highest BCUT2D eigenvalue weighted by Crippen LogP contribution is 2.21. The second-order valence-corrected chi connectivity index (χ2v) is 5.63. The van der Waals surface area contributed by atoms with Gasteiger partial charge in [-0.2, -0.15) is 4.98 Å². The highest BCUT2D eigenvalue weighted by molar-refractivity contribution is 5.29. The van der Waals surface area contributed by atoms with E-state index in [1.165, 1.54) is 5.56 Å². The van der Waals surface area contributed by atoms with Crippen molar-refractivity contribution < 1.29 is 9.15 Å². The zero-order chi connectivity index (χ0) is 15.1. The molecule has 21 heavy (non-hydrogen) atoms. The van der Waals surface area contributed by atoms with Gasteiger partial charge in [-0.05, 0) is 36.6 Å². The summed E-state index contributed by atoms with van der Waals surface area (Å²) >= 11 is 0. The topological polar surface area (TPSA) is 47.3 Å². The standard InChI is InChI=1S/C17H24N2O2/c1-4-5-14-6-8-16(9-7-14)21-17-19-15(12-20-17)11-18-10-13(2)3/h6-9,12-13,18H,4-5,10-11H2,1-3H3. The van der Waals surface area contributed by atoms with E-state index in [-0.39, 0.29) is 0 Å². The maximum Gasteiger partial charge on any atom is 0.399 e. The molecule has 0 aliphatic heterocycles. The number of aromatic nitrogens is 1. The first-order valence-electron chi connectivity index (χ1n) is 7.59.